The van der Waals surface area contributed by atoms with Crippen LogP contribution in [-0.4, -0.2) is 25.0 Å². The van der Waals surface area contributed by atoms with Gasteiger partial charge in [0.05, 0.1) is 23.7 Å². The van der Waals surface area contributed by atoms with Crippen LogP contribution in [0.4, 0.5) is 5.69 Å². The lowest BCUT2D eigenvalue weighted by molar-refractivity contribution is 0.0786. The predicted octanol–water partition coefficient (Wildman–Crippen LogP) is 3.26. The fourth-order valence-electron chi connectivity index (χ4n) is 1.81. The number of nitrogen functional groups attached to an aromatic ring is 1. The van der Waals surface area contributed by atoms with E-state index in [0.29, 0.717) is 23.5 Å². The summed E-state index contributed by atoms with van der Waals surface area (Å²) in [7, 11) is 3.27. The van der Waals surface area contributed by atoms with Gasteiger partial charge in [-0.2, -0.15) is 0 Å². The molecule has 0 fully saturated rings. The van der Waals surface area contributed by atoms with Crippen LogP contribution in [0, 0.1) is 0 Å². The standard InChI is InChI=1S/C14H15ClN2O2S/c1-17(8-10-4-6-13(15)20-10)14(18)9-3-5-11(16)12(7-9)19-2/h3-7H,8,16H2,1-2H3. The Labute approximate surface area is 126 Å². The van der Waals surface area contributed by atoms with E-state index in [1.54, 1.807) is 30.1 Å². The van der Waals surface area contributed by atoms with Gasteiger partial charge in [-0.15, -0.1) is 11.3 Å². The number of hydrogen-bond acceptors (Lipinski definition) is 4. The van der Waals surface area contributed by atoms with Crippen molar-refractivity contribution in [2.75, 3.05) is 19.9 Å². The number of nitrogens with two attached hydrogens (primary N) is 1. The van der Waals surface area contributed by atoms with E-state index in [1.165, 1.54) is 18.4 Å². The molecule has 6 heteroatoms. The van der Waals surface area contributed by atoms with Crippen LogP contribution in [0.1, 0.15) is 15.2 Å². The minimum atomic E-state index is -0.0900. The fourth-order valence-corrected chi connectivity index (χ4v) is 2.95. The number of halogens is 1. The van der Waals surface area contributed by atoms with Gasteiger partial charge >= 0.3 is 0 Å². The maximum atomic E-state index is 12.3. The summed E-state index contributed by atoms with van der Waals surface area (Å²) in [4.78, 5) is 15.0. The van der Waals surface area contributed by atoms with E-state index in [-0.39, 0.29) is 5.91 Å². The molecule has 0 aliphatic heterocycles. The highest BCUT2D eigenvalue weighted by molar-refractivity contribution is 7.16. The Bertz CT molecular complexity index is 627. The molecule has 2 N–H and O–H groups in total. The van der Waals surface area contributed by atoms with Crippen LogP contribution in [0.2, 0.25) is 4.34 Å². The van der Waals surface area contributed by atoms with Crippen molar-refractivity contribution in [1.29, 1.82) is 0 Å². The third-order valence-corrected chi connectivity index (χ3v) is 4.06. The lowest BCUT2D eigenvalue weighted by Crippen LogP contribution is -2.25. The summed E-state index contributed by atoms with van der Waals surface area (Å²) in [5, 5.41) is 0. The highest BCUT2D eigenvalue weighted by Gasteiger charge is 2.14. The van der Waals surface area contributed by atoms with Crippen molar-refractivity contribution in [3.8, 4) is 5.75 Å². The van der Waals surface area contributed by atoms with Gasteiger partial charge in [0.1, 0.15) is 5.75 Å². The van der Waals surface area contributed by atoms with Crippen LogP contribution in [-0.2, 0) is 6.54 Å². The van der Waals surface area contributed by atoms with Gasteiger partial charge in [0.15, 0.2) is 0 Å². The van der Waals surface area contributed by atoms with Gasteiger partial charge in [0, 0.05) is 17.5 Å². The molecule has 2 rings (SSSR count). The van der Waals surface area contributed by atoms with Crippen molar-refractivity contribution < 1.29 is 9.53 Å². The summed E-state index contributed by atoms with van der Waals surface area (Å²) in [6.45, 7) is 0.517. The second-order valence-corrected chi connectivity index (χ2v) is 6.12. The van der Waals surface area contributed by atoms with Gasteiger partial charge in [-0.25, -0.2) is 0 Å². The first-order valence-corrected chi connectivity index (χ1v) is 7.14. The molecule has 0 radical (unpaired) electrons. The van der Waals surface area contributed by atoms with Gasteiger partial charge in [-0.3, -0.25) is 4.79 Å². The summed E-state index contributed by atoms with van der Waals surface area (Å²) in [5.74, 6) is 0.413. The molecular weight excluding hydrogens is 296 g/mol. The molecule has 106 valence electrons. The van der Waals surface area contributed by atoms with Crippen molar-refractivity contribution >= 4 is 34.5 Å². The smallest absolute Gasteiger partial charge is 0.254 e. The average Bonchev–Trinajstić information content (AvgIpc) is 2.83. The van der Waals surface area contributed by atoms with Gasteiger partial charge in [0.2, 0.25) is 0 Å². The van der Waals surface area contributed by atoms with Crippen LogP contribution in [0.25, 0.3) is 0 Å². The summed E-state index contributed by atoms with van der Waals surface area (Å²) in [6, 6.07) is 8.75. The fraction of sp³-hybridized carbons (Fsp3) is 0.214. The third-order valence-electron chi connectivity index (χ3n) is 2.85. The molecule has 20 heavy (non-hydrogen) atoms. The molecule has 1 heterocycles. The molecule has 0 atom stereocenters. The molecule has 0 aliphatic carbocycles. The molecule has 0 bridgehead atoms. The number of nitrogens with zero attached hydrogens (tertiary/aromatic N) is 1. The molecule has 0 saturated heterocycles. The first-order valence-electron chi connectivity index (χ1n) is 5.94. The lowest BCUT2D eigenvalue weighted by Gasteiger charge is -2.17. The molecule has 1 aromatic carbocycles. The number of hydrogen-bond donors (Lipinski definition) is 1. The molecular formula is C14H15ClN2O2S. The topological polar surface area (TPSA) is 55.6 Å². The van der Waals surface area contributed by atoms with E-state index in [0.717, 1.165) is 9.21 Å². The quantitative estimate of drug-likeness (QED) is 0.882. The Morgan fingerprint density at radius 1 is 1.40 bits per heavy atom. The molecule has 0 saturated carbocycles. The Morgan fingerprint density at radius 3 is 2.75 bits per heavy atom. The van der Waals surface area contributed by atoms with E-state index >= 15 is 0 Å². The van der Waals surface area contributed by atoms with Gasteiger partial charge in [-0.1, -0.05) is 11.6 Å². The van der Waals surface area contributed by atoms with Crippen molar-refractivity contribution in [3.05, 3.63) is 45.1 Å². The summed E-state index contributed by atoms with van der Waals surface area (Å²) in [5.41, 5.74) is 6.79. The number of methoxy groups -OCH3 is 1. The molecule has 1 amide bonds. The second-order valence-electron chi connectivity index (χ2n) is 4.32. The zero-order chi connectivity index (χ0) is 14.7. The van der Waals surface area contributed by atoms with E-state index in [4.69, 9.17) is 22.1 Å². The summed E-state index contributed by atoms with van der Waals surface area (Å²) >= 11 is 7.35. The average molecular weight is 311 g/mol. The van der Waals surface area contributed by atoms with Crippen LogP contribution < -0.4 is 10.5 Å². The van der Waals surface area contributed by atoms with Crippen molar-refractivity contribution in [1.82, 2.24) is 4.90 Å². The molecule has 4 nitrogen and oxygen atoms in total. The first kappa shape index (κ1) is 14.7. The van der Waals surface area contributed by atoms with Gasteiger partial charge in [-0.05, 0) is 30.3 Å². The second kappa shape index (κ2) is 6.15. The number of carbonyl (C=O) groups excluding carboxylic acids is 1. The number of carbonyl (C=O) groups is 1. The zero-order valence-electron chi connectivity index (χ0n) is 11.2. The van der Waals surface area contributed by atoms with Crippen LogP contribution in [0.3, 0.4) is 0 Å². The van der Waals surface area contributed by atoms with Gasteiger partial charge < -0.3 is 15.4 Å². The van der Waals surface area contributed by atoms with Gasteiger partial charge in [0.25, 0.3) is 5.91 Å². The number of benzene rings is 1. The highest BCUT2D eigenvalue weighted by atomic mass is 35.5. The SMILES string of the molecule is COc1cc(C(=O)N(C)Cc2ccc(Cl)s2)ccc1N. The minimum Gasteiger partial charge on any atom is -0.495 e. The maximum Gasteiger partial charge on any atom is 0.254 e. The molecule has 0 aliphatic rings. The lowest BCUT2D eigenvalue weighted by atomic mass is 10.1. The Hall–Kier alpha value is -1.72. The van der Waals surface area contributed by atoms with Crippen molar-refractivity contribution in [2.45, 2.75) is 6.54 Å². The number of rotatable bonds is 4. The number of thiophene rings is 1. The van der Waals surface area contributed by atoms with Crippen molar-refractivity contribution in [3.63, 3.8) is 0 Å². The largest absolute Gasteiger partial charge is 0.495 e. The van der Waals surface area contributed by atoms with E-state index in [1.807, 2.05) is 12.1 Å². The Morgan fingerprint density at radius 2 is 2.15 bits per heavy atom. The normalized spacial score (nSPS) is 10.3. The number of anilines is 1. The van der Waals surface area contributed by atoms with Crippen molar-refractivity contribution in [2.24, 2.45) is 0 Å². The molecule has 1 aromatic heterocycles. The summed E-state index contributed by atoms with van der Waals surface area (Å²) < 4.78 is 5.84. The molecule has 0 spiro atoms. The van der Waals surface area contributed by atoms with E-state index < -0.39 is 0 Å². The molecule has 2 aromatic rings. The van der Waals surface area contributed by atoms with E-state index in [9.17, 15) is 4.79 Å². The molecule has 0 unspecified atom stereocenters. The van der Waals surface area contributed by atoms with Crippen LogP contribution in [0.5, 0.6) is 5.75 Å². The first-order chi connectivity index (χ1) is 9.51. The van der Waals surface area contributed by atoms with Crippen LogP contribution >= 0.6 is 22.9 Å². The third kappa shape index (κ3) is 3.23. The Kier molecular flexibility index (Phi) is 4.52. The Balaban J connectivity index is 2.14. The monoisotopic (exact) mass is 310 g/mol. The highest BCUT2D eigenvalue weighted by Crippen LogP contribution is 2.25. The minimum absolute atomic E-state index is 0.0900. The predicted molar refractivity (Wildman–Crippen MR) is 82.5 cm³/mol. The maximum absolute atomic E-state index is 12.3. The number of ether oxygens (including phenoxy) is 1. The van der Waals surface area contributed by atoms with Crippen LogP contribution in [0.15, 0.2) is 30.3 Å². The zero-order valence-corrected chi connectivity index (χ0v) is 12.8. The van der Waals surface area contributed by atoms with E-state index in [2.05, 4.69) is 0 Å². The number of amides is 1. The summed E-state index contributed by atoms with van der Waals surface area (Å²) in [6.07, 6.45) is 0.